The Labute approximate surface area is 150 Å². The van der Waals surface area contributed by atoms with Gasteiger partial charge >= 0.3 is 5.97 Å². The fraction of sp³-hybridized carbons (Fsp3) is 0.389. The summed E-state index contributed by atoms with van der Waals surface area (Å²) in [5.74, 6) is -0.924. The highest BCUT2D eigenvalue weighted by atomic mass is 32.1. The van der Waals surface area contributed by atoms with Gasteiger partial charge in [0.05, 0.1) is 12.2 Å². The third-order valence-corrected chi connectivity index (χ3v) is 5.49. The molecule has 0 spiro atoms. The molecule has 0 saturated carbocycles. The third-order valence-electron chi connectivity index (χ3n) is 4.36. The van der Waals surface area contributed by atoms with Crippen molar-refractivity contribution in [2.24, 2.45) is 4.99 Å². The average Bonchev–Trinajstić information content (AvgIpc) is 3.27. The molecule has 7 heteroatoms. The summed E-state index contributed by atoms with van der Waals surface area (Å²) in [5, 5.41) is 10.7. The van der Waals surface area contributed by atoms with E-state index >= 15 is 0 Å². The number of benzene rings is 1. The highest BCUT2D eigenvalue weighted by molar-refractivity contribution is 7.16. The largest absolute Gasteiger partial charge is 0.507 e. The van der Waals surface area contributed by atoms with Crippen LogP contribution in [0.25, 0.3) is 0 Å². The van der Waals surface area contributed by atoms with Crippen LogP contribution in [-0.2, 0) is 33.5 Å². The normalized spacial score (nSPS) is 19.3. The minimum atomic E-state index is -1.12. The minimum absolute atomic E-state index is 0.201. The predicted molar refractivity (Wildman–Crippen MR) is 95.2 cm³/mol. The quantitative estimate of drug-likeness (QED) is 0.503. The summed E-state index contributed by atoms with van der Waals surface area (Å²) < 4.78 is 5.72. The number of thiophene rings is 1. The van der Waals surface area contributed by atoms with Gasteiger partial charge in [-0.05, 0) is 38.1 Å². The van der Waals surface area contributed by atoms with Gasteiger partial charge in [-0.15, -0.1) is 11.3 Å². The number of hydrogen-bond donors (Lipinski definition) is 1. The van der Waals surface area contributed by atoms with Crippen molar-refractivity contribution in [3.63, 3.8) is 0 Å². The number of phenolic OH excluding ortho intramolecular Hbond substituents is 1. The van der Waals surface area contributed by atoms with Crippen LogP contribution in [-0.4, -0.2) is 36.4 Å². The minimum Gasteiger partial charge on any atom is -0.507 e. The Kier molecular flexibility index (Phi) is 4.35. The Bertz CT molecular complexity index is 813. The Morgan fingerprint density at radius 2 is 2.20 bits per heavy atom. The fourth-order valence-electron chi connectivity index (χ4n) is 3.08. The van der Waals surface area contributed by atoms with Gasteiger partial charge in [-0.3, -0.25) is 0 Å². The van der Waals surface area contributed by atoms with Crippen molar-refractivity contribution in [3.8, 4) is 5.75 Å². The molecule has 0 amide bonds. The second-order valence-electron chi connectivity index (χ2n) is 6.14. The van der Waals surface area contributed by atoms with Gasteiger partial charge in [0.2, 0.25) is 0 Å². The maximum atomic E-state index is 9.94. The third kappa shape index (κ3) is 3.09. The van der Waals surface area contributed by atoms with E-state index in [1.54, 1.807) is 29.7 Å². The summed E-state index contributed by atoms with van der Waals surface area (Å²) in [6.07, 6.45) is 2.58. The molecule has 132 valence electrons. The second kappa shape index (κ2) is 6.51. The second-order valence-corrected chi connectivity index (χ2v) is 7.23. The number of hydrogen-bond acceptors (Lipinski definition) is 7. The zero-order valence-corrected chi connectivity index (χ0v) is 15.0. The number of nitrogens with zero attached hydrogens (tertiary/aromatic N) is 2. The first-order valence-corrected chi connectivity index (χ1v) is 9.11. The van der Waals surface area contributed by atoms with Crippen molar-refractivity contribution in [1.82, 2.24) is 4.90 Å². The SMILES string of the molecule is CCOC1(c2c(/N=C/c3ccccc3O)sc3c2CCN(C)C3)OO1. The van der Waals surface area contributed by atoms with Crippen molar-refractivity contribution >= 4 is 22.6 Å². The summed E-state index contributed by atoms with van der Waals surface area (Å²) >= 11 is 1.62. The number of para-hydroxylation sites is 1. The van der Waals surface area contributed by atoms with E-state index in [-0.39, 0.29) is 5.75 Å². The summed E-state index contributed by atoms with van der Waals surface area (Å²) in [7, 11) is 2.11. The number of fused-ring (bicyclic) bond motifs is 1. The Morgan fingerprint density at radius 3 is 2.92 bits per heavy atom. The van der Waals surface area contributed by atoms with Crippen molar-refractivity contribution in [1.29, 1.82) is 0 Å². The van der Waals surface area contributed by atoms with Crippen LogP contribution >= 0.6 is 11.3 Å². The van der Waals surface area contributed by atoms with E-state index in [2.05, 4.69) is 16.9 Å². The molecule has 6 nitrogen and oxygen atoms in total. The predicted octanol–water partition coefficient (Wildman–Crippen LogP) is 3.30. The molecule has 3 heterocycles. The molecule has 2 aromatic rings. The molecule has 0 unspecified atom stereocenters. The van der Waals surface area contributed by atoms with Gasteiger partial charge in [0.15, 0.2) is 0 Å². The van der Waals surface area contributed by atoms with Crippen LogP contribution in [0.3, 0.4) is 0 Å². The number of aromatic hydroxyl groups is 1. The highest BCUT2D eigenvalue weighted by Gasteiger charge is 2.57. The zero-order valence-electron chi connectivity index (χ0n) is 14.2. The van der Waals surface area contributed by atoms with Gasteiger partial charge < -0.3 is 14.7 Å². The monoisotopic (exact) mass is 360 g/mol. The molecule has 0 aliphatic carbocycles. The average molecular weight is 360 g/mol. The molecule has 1 fully saturated rings. The van der Waals surface area contributed by atoms with Crippen molar-refractivity contribution < 1.29 is 19.6 Å². The summed E-state index contributed by atoms with van der Waals surface area (Å²) in [6.45, 7) is 4.24. The maximum Gasteiger partial charge on any atom is 0.370 e. The van der Waals surface area contributed by atoms with Crippen LogP contribution in [0.1, 0.15) is 28.5 Å². The molecule has 25 heavy (non-hydrogen) atoms. The first-order valence-electron chi connectivity index (χ1n) is 8.29. The van der Waals surface area contributed by atoms with Crippen LogP contribution in [0.4, 0.5) is 5.00 Å². The summed E-state index contributed by atoms with van der Waals surface area (Å²) in [4.78, 5) is 18.6. The van der Waals surface area contributed by atoms with Gasteiger partial charge in [0, 0.05) is 29.7 Å². The topological polar surface area (TPSA) is 70.1 Å². The smallest absolute Gasteiger partial charge is 0.370 e. The van der Waals surface area contributed by atoms with E-state index in [1.165, 1.54) is 10.4 Å². The standard InChI is InChI=1S/C18H20N2O4S/c1-3-22-18(23-24-18)16-13-8-9-20(2)11-15(13)25-17(16)19-10-12-6-4-5-7-14(12)21/h4-7,10,21H,3,8-9,11H2,1-2H3/b19-10+. The Balaban J connectivity index is 1.75. The molecule has 2 aliphatic rings. The van der Waals surface area contributed by atoms with E-state index in [0.29, 0.717) is 12.2 Å². The van der Waals surface area contributed by atoms with E-state index in [1.807, 2.05) is 19.1 Å². The van der Waals surface area contributed by atoms with Gasteiger partial charge in [0.1, 0.15) is 10.8 Å². The molecule has 4 rings (SSSR count). The first-order chi connectivity index (χ1) is 12.1. The van der Waals surface area contributed by atoms with Gasteiger partial charge in [-0.25, -0.2) is 4.99 Å². The van der Waals surface area contributed by atoms with E-state index in [9.17, 15) is 5.11 Å². The molecule has 2 aliphatic heterocycles. The van der Waals surface area contributed by atoms with Crippen LogP contribution in [0.2, 0.25) is 0 Å². The zero-order chi connectivity index (χ0) is 17.4. The van der Waals surface area contributed by atoms with Crippen molar-refractivity contribution in [3.05, 3.63) is 45.8 Å². The maximum absolute atomic E-state index is 9.94. The summed E-state index contributed by atoms with van der Waals surface area (Å²) in [5.41, 5.74) is 2.74. The fourth-order valence-corrected chi connectivity index (χ4v) is 4.38. The van der Waals surface area contributed by atoms with Crippen LogP contribution in [0, 0.1) is 0 Å². The van der Waals surface area contributed by atoms with Gasteiger partial charge in [0.25, 0.3) is 0 Å². The highest BCUT2D eigenvalue weighted by Crippen LogP contribution is 2.52. The number of ether oxygens (including phenoxy) is 1. The Hall–Kier alpha value is -1.77. The van der Waals surface area contributed by atoms with Gasteiger partial charge in [-0.1, -0.05) is 12.1 Å². The molecule has 1 aromatic heterocycles. The van der Waals surface area contributed by atoms with E-state index < -0.39 is 5.97 Å². The lowest BCUT2D eigenvalue weighted by molar-refractivity contribution is -0.0535. The number of phenols is 1. The molecule has 1 N–H and O–H groups in total. The van der Waals surface area contributed by atoms with E-state index in [4.69, 9.17) is 14.5 Å². The lowest BCUT2D eigenvalue weighted by Crippen LogP contribution is -2.27. The van der Waals surface area contributed by atoms with Gasteiger partial charge in [-0.2, -0.15) is 9.78 Å². The van der Waals surface area contributed by atoms with Crippen molar-refractivity contribution in [2.45, 2.75) is 25.9 Å². The number of aliphatic imine (C=N–C) groups is 1. The van der Waals surface area contributed by atoms with Crippen LogP contribution in [0.5, 0.6) is 5.75 Å². The lowest BCUT2D eigenvalue weighted by atomic mass is 10.0. The van der Waals surface area contributed by atoms with Crippen molar-refractivity contribution in [2.75, 3.05) is 20.2 Å². The van der Waals surface area contributed by atoms with Crippen LogP contribution in [0.15, 0.2) is 29.3 Å². The molecule has 0 bridgehead atoms. The Morgan fingerprint density at radius 1 is 1.40 bits per heavy atom. The number of rotatable bonds is 5. The lowest BCUT2D eigenvalue weighted by Gasteiger charge is -2.23. The summed E-state index contributed by atoms with van der Waals surface area (Å²) in [6, 6.07) is 7.12. The molecular weight excluding hydrogens is 340 g/mol. The van der Waals surface area contributed by atoms with E-state index in [0.717, 1.165) is 30.1 Å². The molecule has 1 saturated heterocycles. The molecular formula is C18H20N2O4S. The first kappa shape index (κ1) is 16.7. The van der Waals surface area contributed by atoms with Crippen LogP contribution < -0.4 is 0 Å². The number of likely N-dealkylation sites (N-methyl/N-ethyl adjacent to an activating group) is 1. The molecule has 1 aromatic carbocycles. The molecule has 0 radical (unpaired) electrons. The molecule has 0 atom stereocenters.